The van der Waals surface area contributed by atoms with Crippen molar-refractivity contribution in [2.24, 2.45) is 5.41 Å². The Bertz CT molecular complexity index is 504. The molecule has 0 amide bonds. The van der Waals surface area contributed by atoms with Gasteiger partial charge >= 0.3 is 5.97 Å². The third-order valence-corrected chi connectivity index (χ3v) is 4.70. The van der Waals surface area contributed by atoms with Crippen LogP contribution in [0.15, 0.2) is 17.0 Å². The van der Waals surface area contributed by atoms with Crippen molar-refractivity contribution in [3.63, 3.8) is 0 Å². The van der Waals surface area contributed by atoms with Crippen molar-refractivity contribution < 1.29 is 18.3 Å². The highest BCUT2D eigenvalue weighted by atomic mass is 32.2. The SMILES string of the molecule is COC(=O)CC1(CSc2cc(F)cc(F)c2N)CC1. The van der Waals surface area contributed by atoms with Gasteiger partial charge in [0.25, 0.3) is 0 Å². The largest absolute Gasteiger partial charge is 0.469 e. The zero-order valence-corrected chi connectivity index (χ0v) is 11.4. The minimum absolute atomic E-state index is 0.0414. The quantitative estimate of drug-likeness (QED) is 0.514. The molecule has 1 fully saturated rings. The Labute approximate surface area is 114 Å². The summed E-state index contributed by atoms with van der Waals surface area (Å²) < 4.78 is 31.1. The van der Waals surface area contributed by atoms with E-state index in [0.29, 0.717) is 17.1 Å². The minimum Gasteiger partial charge on any atom is -0.469 e. The fourth-order valence-electron chi connectivity index (χ4n) is 1.84. The summed E-state index contributed by atoms with van der Waals surface area (Å²) in [4.78, 5) is 11.7. The molecule has 0 saturated heterocycles. The van der Waals surface area contributed by atoms with Crippen LogP contribution in [0.25, 0.3) is 0 Å². The molecule has 0 aromatic heterocycles. The summed E-state index contributed by atoms with van der Waals surface area (Å²) in [6.45, 7) is 0. The van der Waals surface area contributed by atoms with Crippen molar-refractivity contribution in [2.75, 3.05) is 18.6 Å². The maximum Gasteiger partial charge on any atom is 0.306 e. The third kappa shape index (κ3) is 3.37. The molecule has 0 heterocycles. The smallest absolute Gasteiger partial charge is 0.306 e. The summed E-state index contributed by atoms with van der Waals surface area (Å²) in [5, 5.41) is 0. The Morgan fingerprint density at radius 2 is 2.16 bits per heavy atom. The van der Waals surface area contributed by atoms with E-state index in [1.807, 2.05) is 0 Å². The van der Waals surface area contributed by atoms with Gasteiger partial charge in [0.15, 0.2) is 0 Å². The number of rotatable bonds is 5. The first-order chi connectivity index (χ1) is 8.96. The molecule has 1 aromatic rings. The first kappa shape index (κ1) is 14.1. The van der Waals surface area contributed by atoms with Crippen LogP contribution in [-0.2, 0) is 9.53 Å². The first-order valence-corrected chi connectivity index (χ1v) is 6.88. The van der Waals surface area contributed by atoms with Gasteiger partial charge in [0, 0.05) is 16.7 Å². The standard InChI is InChI=1S/C13H15F2NO2S/c1-18-11(17)6-13(2-3-13)7-19-10-5-8(14)4-9(15)12(10)16/h4-5H,2-3,6-7,16H2,1H3. The van der Waals surface area contributed by atoms with Crippen LogP contribution in [0.2, 0.25) is 0 Å². The summed E-state index contributed by atoms with van der Waals surface area (Å²) in [5.74, 6) is -1.04. The summed E-state index contributed by atoms with van der Waals surface area (Å²) in [6, 6.07) is 1.98. The lowest BCUT2D eigenvalue weighted by Gasteiger charge is -2.14. The van der Waals surface area contributed by atoms with E-state index >= 15 is 0 Å². The van der Waals surface area contributed by atoms with Crippen molar-refractivity contribution in [2.45, 2.75) is 24.2 Å². The zero-order valence-electron chi connectivity index (χ0n) is 10.5. The Morgan fingerprint density at radius 3 is 2.74 bits per heavy atom. The van der Waals surface area contributed by atoms with Crippen LogP contribution in [0.1, 0.15) is 19.3 Å². The van der Waals surface area contributed by atoms with Gasteiger partial charge in [0.1, 0.15) is 11.6 Å². The molecule has 0 spiro atoms. The number of benzene rings is 1. The molecule has 0 aliphatic heterocycles. The summed E-state index contributed by atoms with van der Waals surface area (Å²) in [5.41, 5.74) is 5.43. The molecule has 6 heteroatoms. The molecular weight excluding hydrogens is 272 g/mol. The second-order valence-electron chi connectivity index (χ2n) is 4.84. The summed E-state index contributed by atoms with van der Waals surface area (Å²) in [6.07, 6.45) is 2.19. The minimum atomic E-state index is -0.750. The van der Waals surface area contributed by atoms with Gasteiger partial charge in [-0.1, -0.05) is 0 Å². The first-order valence-electron chi connectivity index (χ1n) is 5.90. The van der Waals surface area contributed by atoms with Gasteiger partial charge in [0.2, 0.25) is 0 Å². The fraction of sp³-hybridized carbons (Fsp3) is 0.462. The summed E-state index contributed by atoms with van der Waals surface area (Å²) >= 11 is 1.28. The molecule has 104 valence electrons. The van der Waals surface area contributed by atoms with Gasteiger partial charge in [-0.2, -0.15) is 0 Å². The maximum absolute atomic E-state index is 13.3. The molecule has 1 aliphatic rings. The van der Waals surface area contributed by atoms with Gasteiger partial charge < -0.3 is 10.5 Å². The number of nitrogen functional groups attached to an aromatic ring is 1. The Balaban J connectivity index is 2.01. The number of hydrogen-bond acceptors (Lipinski definition) is 4. The average Bonchev–Trinajstić information content (AvgIpc) is 3.12. The molecule has 1 aromatic carbocycles. The van der Waals surface area contributed by atoms with Crippen LogP contribution >= 0.6 is 11.8 Å². The molecule has 0 bridgehead atoms. The summed E-state index contributed by atoms with van der Waals surface area (Å²) in [7, 11) is 1.35. The Kier molecular flexibility index (Phi) is 3.99. The van der Waals surface area contributed by atoms with Crippen molar-refractivity contribution in [1.82, 2.24) is 0 Å². The van der Waals surface area contributed by atoms with E-state index < -0.39 is 11.6 Å². The lowest BCUT2D eigenvalue weighted by atomic mass is 10.1. The van der Waals surface area contributed by atoms with E-state index in [9.17, 15) is 13.6 Å². The molecule has 0 atom stereocenters. The van der Waals surface area contributed by atoms with E-state index in [0.717, 1.165) is 18.9 Å². The molecule has 2 rings (SSSR count). The maximum atomic E-state index is 13.3. The van der Waals surface area contributed by atoms with Gasteiger partial charge in [-0.3, -0.25) is 4.79 Å². The van der Waals surface area contributed by atoms with E-state index in [1.165, 1.54) is 24.9 Å². The van der Waals surface area contributed by atoms with Crippen molar-refractivity contribution in [3.05, 3.63) is 23.8 Å². The molecule has 1 aliphatic carbocycles. The predicted molar refractivity (Wildman–Crippen MR) is 69.8 cm³/mol. The van der Waals surface area contributed by atoms with Crippen LogP contribution in [0, 0.1) is 17.0 Å². The zero-order chi connectivity index (χ0) is 14.0. The number of halogens is 2. The normalized spacial score (nSPS) is 16.2. The van der Waals surface area contributed by atoms with E-state index in [1.54, 1.807) is 0 Å². The lowest BCUT2D eigenvalue weighted by molar-refractivity contribution is -0.141. The Hall–Kier alpha value is -1.30. The van der Waals surface area contributed by atoms with Crippen LogP contribution in [0.4, 0.5) is 14.5 Å². The topological polar surface area (TPSA) is 52.3 Å². The average molecular weight is 287 g/mol. The van der Waals surface area contributed by atoms with Gasteiger partial charge in [-0.05, 0) is 24.3 Å². The van der Waals surface area contributed by atoms with Gasteiger partial charge in [-0.15, -0.1) is 11.8 Å². The lowest BCUT2D eigenvalue weighted by Crippen LogP contribution is -2.13. The number of nitrogens with two attached hydrogens (primary N) is 1. The van der Waals surface area contributed by atoms with Gasteiger partial charge in [-0.25, -0.2) is 8.78 Å². The molecule has 1 saturated carbocycles. The van der Waals surface area contributed by atoms with Gasteiger partial charge in [0.05, 0.1) is 19.2 Å². The monoisotopic (exact) mass is 287 g/mol. The second kappa shape index (κ2) is 5.36. The number of carbonyl (C=O) groups is 1. The van der Waals surface area contributed by atoms with Crippen LogP contribution in [-0.4, -0.2) is 18.8 Å². The fourth-order valence-corrected chi connectivity index (χ4v) is 3.14. The second-order valence-corrected chi connectivity index (χ2v) is 5.86. The number of carbonyl (C=O) groups excluding carboxylic acids is 1. The van der Waals surface area contributed by atoms with Crippen molar-refractivity contribution >= 4 is 23.4 Å². The number of ether oxygens (including phenoxy) is 1. The molecule has 19 heavy (non-hydrogen) atoms. The number of esters is 1. The number of hydrogen-bond donors (Lipinski definition) is 1. The van der Waals surface area contributed by atoms with E-state index in [-0.39, 0.29) is 17.1 Å². The number of anilines is 1. The molecule has 3 nitrogen and oxygen atoms in total. The van der Waals surface area contributed by atoms with E-state index in [4.69, 9.17) is 5.73 Å². The molecular formula is C13H15F2NO2S. The molecule has 2 N–H and O–H groups in total. The molecule has 0 radical (unpaired) electrons. The highest BCUT2D eigenvalue weighted by molar-refractivity contribution is 7.99. The van der Waals surface area contributed by atoms with Crippen LogP contribution < -0.4 is 5.73 Å². The predicted octanol–water partition coefficient (Wildman–Crippen LogP) is 2.98. The van der Waals surface area contributed by atoms with E-state index in [2.05, 4.69) is 4.74 Å². The molecule has 0 unspecified atom stereocenters. The van der Waals surface area contributed by atoms with Crippen LogP contribution in [0.3, 0.4) is 0 Å². The van der Waals surface area contributed by atoms with Crippen molar-refractivity contribution in [3.8, 4) is 0 Å². The highest BCUT2D eigenvalue weighted by Crippen LogP contribution is 2.52. The Morgan fingerprint density at radius 1 is 1.47 bits per heavy atom. The van der Waals surface area contributed by atoms with Crippen molar-refractivity contribution in [1.29, 1.82) is 0 Å². The highest BCUT2D eigenvalue weighted by Gasteiger charge is 2.44. The number of methoxy groups -OCH3 is 1. The number of thioether (sulfide) groups is 1. The van der Waals surface area contributed by atoms with Crippen LogP contribution in [0.5, 0.6) is 0 Å². The third-order valence-electron chi connectivity index (χ3n) is 3.29.